The summed E-state index contributed by atoms with van der Waals surface area (Å²) in [4.78, 5) is 26.2. The number of alkyl halides is 3. The molecule has 0 aliphatic carbocycles. The maximum atomic E-state index is 13.3. The number of carbonyl (C=O) groups is 2. The summed E-state index contributed by atoms with van der Waals surface area (Å²) in [6.07, 6.45) is -4.72. The topological polar surface area (TPSA) is 69.6 Å². The van der Waals surface area contributed by atoms with E-state index in [-0.39, 0.29) is 23.4 Å². The smallest absolute Gasteiger partial charge is 0.394 e. The Morgan fingerprint density at radius 1 is 1.21 bits per heavy atom. The maximum absolute atomic E-state index is 13.3. The Kier molecular flexibility index (Phi) is 6.92. The molecule has 0 bridgehead atoms. The van der Waals surface area contributed by atoms with Gasteiger partial charge in [-0.1, -0.05) is 17.7 Å². The zero-order valence-electron chi connectivity index (χ0n) is 16.0. The Bertz CT molecular complexity index is 932. The molecule has 5 nitrogen and oxygen atoms in total. The third kappa shape index (κ3) is 5.48. The summed E-state index contributed by atoms with van der Waals surface area (Å²) in [6, 6.07) is 6.65. The van der Waals surface area contributed by atoms with Crippen LogP contribution in [0.3, 0.4) is 0 Å². The average molecular weight is 429 g/mol. The molecule has 156 valence electrons. The lowest BCUT2D eigenvalue weighted by molar-refractivity contribution is -0.137. The van der Waals surface area contributed by atoms with Crippen molar-refractivity contribution in [2.45, 2.75) is 26.1 Å². The van der Waals surface area contributed by atoms with Gasteiger partial charge >= 0.3 is 6.18 Å². The predicted molar refractivity (Wildman–Crippen MR) is 104 cm³/mol. The van der Waals surface area contributed by atoms with Gasteiger partial charge in [0, 0.05) is 28.9 Å². The van der Waals surface area contributed by atoms with Gasteiger partial charge in [0.25, 0.3) is 11.8 Å². The van der Waals surface area contributed by atoms with Gasteiger partial charge in [0.1, 0.15) is 0 Å². The second-order valence-corrected chi connectivity index (χ2v) is 7.09. The van der Waals surface area contributed by atoms with Crippen LogP contribution in [0, 0.1) is 6.92 Å². The van der Waals surface area contributed by atoms with Gasteiger partial charge in [-0.05, 0) is 49.7 Å². The zero-order chi connectivity index (χ0) is 21.9. The first-order chi connectivity index (χ1) is 13.4. The van der Waals surface area contributed by atoms with Crippen LogP contribution < -0.4 is 5.32 Å². The van der Waals surface area contributed by atoms with Crippen molar-refractivity contribution in [3.63, 3.8) is 0 Å². The van der Waals surface area contributed by atoms with Crippen LogP contribution in [0.15, 0.2) is 36.4 Å². The predicted octanol–water partition coefficient (Wildman–Crippen LogP) is 4.37. The van der Waals surface area contributed by atoms with E-state index in [4.69, 9.17) is 11.6 Å². The molecule has 0 aliphatic heterocycles. The maximum Gasteiger partial charge on any atom is 0.416 e. The third-order valence-electron chi connectivity index (χ3n) is 4.46. The number of nitrogens with zero attached hydrogens (tertiary/aromatic N) is 1. The van der Waals surface area contributed by atoms with Gasteiger partial charge in [-0.2, -0.15) is 13.2 Å². The van der Waals surface area contributed by atoms with Gasteiger partial charge in [-0.3, -0.25) is 9.59 Å². The van der Waals surface area contributed by atoms with E-state index in [9.17, 15) is 27.9 Å². The molecule has 2 aromatic rings. The number of benzene rings is 2. The summed E-state index contributed by atoms with van der Waals surface area (Å²) in [5.41, 5.74) is -0.731. The highest BCUT2D eigenvalue weighted by molar-refractivity contribution is 6.31. The number of anilines is 1. The minimum Gasteiger partial charge on any atom is -0.394 e. The summed E-state index contributed by atoms with van der Waals surface area (Å²) in [6.45, 7) is 2.87. The molecule has 0 heterocycles. The minimum atomic E-state index is -4.72. The van der Waals surface area contributed by atoms with Crippen molar-refractivity contribution in [2.24, 2.45) is 0 Å². The van der Waals surface area contributed by atoms with Crippen LogP contribution in [0.2, 0.25) is 5.02 Å². The zero-order valence-corrected chi connectivity index (χ0v) is 16.7. The Labute approximate surface area is 171 Å². The molecule has 1 unspecified atom stereocenters. The molecule has 2 N–H and O–H groups in total. The molecule has 0 aromatic heterocycles. The lowest BCUT2D eigenvalue weighted by atomic mass is 10.1. The van der Waals surface area contributed by atoms with E-state index in [1.165, 1.54) is 13.1 Å². The number of rotatable bonds is 5. The molecule has 0 radical (unpaired) electrons. The van der Waals surface area contributed by atoms with E-state index in [0.717, 1.165) is 17.0 Å². The van der Waals surface area contributed by atoms with E-state index in [1.807, 2.05) is 0 Å². The fraction of sp³-hybridized carbons (Fsp3) is 0.300. The monoisotopic (exact) mass is 428 g/mol. The molecule has 0 fully saturated rings. The van der Waals surface area contributed by atoms with Gasteiger partial charge in [-0.25, -0.2) is 0 Å². The van der Waals surface area contributed by atoms with Crippen molar-refractivity contribution in [1.29, 1.82) is 0 Å². The Morgan fingerprint density at radius 3 is 2.45 bits per heavy atom. The van der Waals surface area contributed by atoms with E-state index in [1.54, 1.807) is 26.0 Å². The first-order valence-electron chi connectivity index (χ1n) is 8.62. The molecular weight excluding hydrogens is 409 g/mol. The van der Waals surface area contributed by atoms with Gasteiger partial charge in [0.05, 0.1) is 18.2 Å². The molecular formula is C20H20ClF3N2O3. The molecule has 0 saturated carbocycles. The Morgan fingerprint density at radius 2 is 1.86 bits per heavy atom. The van der Waals surface area contributed by atoms with Crippen LogP contribution in [0.1, 0.15) is 38.8 Å². The molecule has 0 aliphatic rings. The SMILES string of the molecule is Cc1ccc(Cl)cc1C(=O)Nc1cc(C(=O)N(C)C(C)CO)cc(C(F)(F)F)c1. The molecule has 0 saturated heterocycles. The summed E-state index contributed by atoms with van der Waals surface area (Å²) >= 11 is 5.89. The van der Waals surface area contributed by atoms with Crippen LogP contribution in [0.25, 0.3) is 0 Å². The van der Waals surface area contributed by atoms with Crippen LogP contribution in [0.4, 0.5) is 18.9 Å². The number of hydrogen-bond acceptors (Lipinski definition) is 3. The Hall–Kier alpha value is -2.58. The normalized spacial score (nSPS) is 12.4. The van der Waals surface area contributed by atoms with E-state index in [2.05, 4.69) is 5.32 Å². The number of hydrogen-bond donors (Lipinski definition) is 2. The van der Waals surface area contributed by atoms with Crippen molar-refractivity contribution < 1.29 is 27.9 Å². The van der Waals surface area contributed by atoms with Crippen molar-refractivity contribution in [1.82, 2.24) is 4.90 Å². The molecule has 29 heavy (non-hydrogen) atoms. The highest BCUT2D eigenvalue weighted by atomic mass is 35.5. The number of aliphatic hydroxyl groups excluding tert-OH is 1. The number of aryl methyl sites for hydroxylation is 1. The van der Waals surface area contributed by atoms with Crippen LogP contribution in [0.5, 0.6) is 0 Å². The van der Waals surface area contributed by atoms with Gasteiger partial charge in [-0.15, -0.1) is 0 Å². The Balaban J connectivity index is 2.44. The second kappa shape index (κ2) is 8.84. The van der Waals surface area contributed by atoms with Crippen LogP contribution in [-0.2, 0) is 6.18 Å². The number of aliphatic hydroxyl groups is 1. The first kappa shape index (κ1) is 22.7. The molecule has 2 rings (SSSR count). The van der Waals surface area contributed by atoms with Crippen molar-refractivity contribution in [3.8, 4) is 0 Å². The van der Waals surface area contributed by atoms with Gasteiger partial charge < -0.3 is 15.3 Å². The number of likely N-dealkylation sites (N-methyl/N-ethyl adjacent to an activating group) is 1. The fourth-order valence-corrected chi connectivity index (χ4v) is 2.72. The van der Waals surface area contributed by atoms with E-state index >= 15 is 0 Å². The quantitative estimate of drug-likeness (QED) is 0.742. The third-order valence-corrected chi connectivity index (χ3v) is 4.69. The number of halogens is 4. The van der Waals surface area contributed by atoms with Gasteiger partial charge in [0.15, 0.2) is 0 Å². The van der Waals surface area contributed by atoms with E-state index < -0.39 is 29.6 Å². The van der Waals surface area contributed by atoms with E-state index in [0.29, 0.717) is 16.7 Å². The standard InChI is InChI=1S/C20H20ClF3N2O3/c1-11-4-5-15(21)9-17(11)18(28)25-16-7-13(6-14(8-16)20(22,23)24)19(29)26(3)12(2)10-27/h4-9,12,27H,10H2,1-3H3,(H,25,28). The fourth-order valence-electron chi connectivity index (χ4n) is 2.55. The molecule has 1 atom stereocenters. The average Bonchev–Trinajstić information content (AvgIpc) is 2.66. The number of amides is 2. The lowest BCUT2D eigenvalue weighted by Crippen LogP contribution is -2.37. The lowest BCUT2D eigenvalue weighted by Gasteiger charge is -2.24. The highest BCUT2D eigenvalue weighted by Gasteiger charge is 2.32. The van der Waals surface area contributed by atoms with Gasteiger partial charge in [0.2, 0.25) is 0 Å². The molecule has 9 heteroatoms. The van der Waals surface area contributed by atoms with Crippen molar-refractivity contribution in [3.05, 3.63) is 63.7 Å². The number of carbonyl (C=O) groups excluding carboxylic acids is 2. The van der Waals surface area contributed by atoms with Crippen molar-refractivity contribution >= 4 is 29.1 Å². The molecule has 0 spiro atoms. The summed E-state index contributed by atoms with van der Waals surface area (Å²) in [5, 5.41) is 11.9. The van der Waals surface area contributed by atoms with Crippen LogP contribution >= 0.6 is 11.6 Å². The second-order valence-electron chi connectivity index (χ2n) is 6.66. The van der Waals surface area contributed by atoms with Crippen LogP contribution in [-0.4, -0.2) is 41.5 Å². The summed E-state index contributed by atoms with van der Waals surface area (Å²) in [7, 11) is 1.37. The minimum absolute atomic E-state index is 0.183. The van der Waals surface area contributed by atoms with Crippen molar-refractivity contribution in [2.75, 3.05) is 19.0 Å². The largest absolute Gasteiger partial charge is 0.416 e. The molecule has 2 amide bonds. The highest BCUT2D eigenvalue weighted by Crippen LogP contribution is 2.32. The first-order valence-corrected chi connectivity index (χ1v) is 8.99. The summed E-state index contributed by atoms with van der Waals surface area (Å²) < 4.78 is 40.0. The summed E-state index contributed by atoms with van der Waals surface area (Å²) in [5.74, 6) is -1.37. The number of nitrogens with one attached hydrogen (secondary N) is 1. The molecule has 2 aromatic carbocycles.